The van der Waals surface area contributed by atoms with E-state index in [9.17, 15) is 0 Å². The van der Waals surface area contributed by atoms with Crippen LogP contribution in [0, 0.1) is 0 Å². The van der Waals surface area contributed by atoms with Gasteiger partial charge in [0.05, 0.1) is 5.69 Å². The van der Waals surface area contributed by atoms with Gasteiger partial charge in [-0.05, 0) is 24.1 Å². The Kier molecular flexibility index (Phi) is 3.19. The fourth-order valence-electron chi connectivity index (χ4n) is 2.10. The minimum Gasteiger partial charge on any atom is -0.350 e. The van der Waals surface area contributed by atoms with Crippen molar-refractivity contribution in [2.75, 3.05) is 11.9 Å². The molecule has 4 heteroatoms. The van der Waals surface area contributed by atoms with Gasteiger partial charge in [-0.3, -0.25) is 0 Å². The number of hydrogen-bond acceptors (Lipinski definition) is 4. The Morgan fingerprint density at radius 3 is 3.00 bits per heavy atom. The molecule has 4 nitrogen and oxygen atoms in total. The van der Waals surface area contributed by atoms with Crippen molar-refractivity contribution in [2.45, 2.75) is 19.5 Å². The summed E-state index contributed by atoms with van der Waals surface area (Å²) in [7, 11) is 0. The van der Waals surface area contributed by atoms with Crippen LogP contribution in [0.3, 0.4) is 0 Å². The maximum Gasteiger partial charge on any atom is 0.223 e. The Balaban J connectivity index is 1.70. The molecule has 0 amide bonds. The van der Waals surface area contributed by atoms with Gasteiger partial charge in [-0.1, -0.05) is 30.3 Å². The molecule has 1 aromatic heterocycles. The minimum absolute atomic E-state index is 0.710. The molecule has 2 heterocycles. The molecule has 1 aromatic carbocycles. The van der Waals surface area contributed by atoms with Gasteiger partial charge in [0.1, 0.15) is 0 Å². The second kappa shape index (κ2) is 5.14. The van der Waals surface area contributed by atoms with Crippen LogP contribution in [0.15, 0.2) is 36.5 Å². The predicted molar refractivity (Wildman–Crippen MR) is 71.2 cm³/mol. The first-order valence-corrected chi connectivity index (χ1v) is 6.25. The molecule has 2 aromatic rings. The van der Waals surface area contributed by atoms with E-state index in [0.717, 1.165) is 31.7 Å². The summed E-state index contributed by atoms with van der Waals surface area (Å²) < 4.78 is 0. The second-order valence-corrected chi connectivity index (χ2v) is 4.43. The molecule has 0 spiro atoms. The zero-order valence-corrected chi connectivity index (χ0v) is 10.2. The molecular formula is C14H16N4. The van der Waals surface area contributed by atoms with Gasteiger partial charge in [0.2, 0.25) is 5.95 Å². The van der Waals surface area contributed by atoms with E-state index in [2.05, 4.69) is 32.7 Å². The lowest BCUT2D eigenvalue weighted by Gasteiger charge is -2.16. The second-order valence-electron chi connectivity index (χ2n) is 4.43. The maximum atomic E-state index is 4.54. The van der Waals surface area contributed by atoms with E-state index >= 15 is 0 Å². The molecular weight excluding hydrogens is 224 g/mol. The highest BCUT2D eigenvalue weighted by atomic mass is 15.1. The molecule has 0 fully saturated rings. The van der Waals surface area contributed by atoms with Crippen molar-refractivity contribution in [3.8, 4) is 0 Å². The lowest BCUT2D eigenvalue weighted by atomic mass is 10.1. The Morgan fingerprint density at radius 2 is 2.11 bits per heavy atom. The molecule has 1 aliphatic rings. The molecule has 0 radical (unpaired) electrons. The first kappa shape index (κ1) is 11.2. The van der Waals surface area contributed by atoms with E-state index < -0.39 is 0 Å². The van der Waals surface area contributed by atoms with Gasteiger partial charge >= 0.3 is 0 Å². The fourth-order valence-corrected chi connectivity index (χ4v) is 2.10. The van der Waals surface area contributed by atoms with E-state index in [1.807, 2.05) is 24.4 Å². The van der Waals surface area contributed by atoms with Crippen LogP contribution in [0.2, 0.25) is 0 Å². The highest BCUT2D eigenvalue weighted by Crippen LogP contribution is 2.12. The SMILES string of the molecule is c1ccc(CNc2ncc3c(n2)CNCC3)cc1. The summed E-state index contributed by atoms with van der Waals surface area (Å²) in [5.74, 6) is 0.710. The molecule has 0 bridgehead atoms. The number of rotatable bonds is 3. The lowest BCUT2D eigenvalue weighted by Crippen LogP contribution is -2.25. The van der Waals surface area contributed by atoms with Crippen LogP contribution in [0.1, 0.15) is 16.8 Å². The zero-order valence-electron chi connectivity index (χ0n) is 10.2. The molecule has 0 unspecified atom stereocenters. The van der Waals surface area contributed by atoms with Gasteiger partial charge in [0.15, 0.2) is 0 Å². The number of nitrogens with one attached hydrogen (secondary N) is 2. The lowest BCUT2D eigenvalue weighted by molar-refractivity contribution is 0.623. The average Bonchev–Trinajstić information content (AvgIpc) is 2.46. The van der Waals surface area contributed by atoms with Gasteiger partial charge in [-0.15, -0.1) is 0 Å². The first-order chi connectivity index (χ1) is 8.92. The summed E-state index contributed by atoms with van der Waals surface area (Å²) in [6.07, 6.45) is 2.96. The molecule has 0 saturated heterocycles. The summed E-state index contributed by atoms with van der Waals surface area (Å²) in [6.45, 7) is 2.62. The smallest absolute Gasteiger partial charge is 0.223 e. The molecule has 18 heavy (non-hydrogen) atoms. The quantitative estimate of drug-likeness (QED) is 0.858. The van der Waals surface area contributed by atoms with E-state index in [0.29, 0.717) is 5.95 Å². The van der Waals surface area contributed by atoms with E-state index in [-0.39, 0.29) is 0 Å². The normalized spacial score (nSPS) is 14.0. The van der Waals surface area contributed by atoms with Gasteiger partial charge in [0, 0.05) is 19.3 Å². The molecule has 0 aliphatic carbocycles. The van der Waals surface area contributed by atoms with Crippen molar-refractivity contribution >= 4 is 5.95 Å². The summed E-state index contributed by atoms with van der Waals surface area (Å²) in [6, 6.07) is 10.3. The summed E-state index contributed by atoms with van der Waals surface area (Å²) >= 11 is 0. The molecule has 3 rings (SSSR count). The van der Waals surface area contributed by atoms with Crippen molar-refractivity contribution in [3.63, 3.8) is 0 Å². The third-order valence-corrected chi connectivity index (χ3v) is 3.11. The minimum atomic E-state index is 0.710. The van der Waals surface area contributed by atoms with E-state index in [4.69, 9.17) is 0 Å². The van der Waals surface area contributed by atoms with Crippen LogP contribution in [0.5, 0.6) is 0 Å². The molecule has 0 atom stereocenters. The Morgan fingerprint density at radius 1 is 1.22 bits per heavy atom. The van der Waals surface area contributed by atoms with Crippen molar-refractivity contribution < 1.29 is 0 Å². The van der Waals surface area contributed by atoms with Crippen LogP contribution < -0.4 is 10.6 Å². The van der Waals surface area contributed by atoms with Gasteiger partial charge in [-0.2, -0.15) is 0 Å². The monoisotopic (exact) mass is 240 g/mol. The van der Waals surface area contributed by atoms with Crippen LogP contribution >= 0.6 is 0 Å². The largest absolute Gasteiger partial charge is 0.350 e. The highest BCUT2D eigenvalue weighted by molar-refractivity contribution is 5.32. The Hall–Kier alpha value is -1.94. The van der Waals surface area contributed by atoms with Gasteiger partial charge < -0.3 is 10.6 Å². The predicted octanol–water partition coefficient (Wildman–Crippen LogP) is 1.73. The third kappa shape index (κ3) is 2.49. The number of fused-ring (bicyclic) bond motifs is 1. The Labute approximate surface area is 106 Å². The van der Waals surface area contributed by atoms with Crippen molar-refractivity contribution in [1.29, 1.82) is 0 Å². The first-order valence-electron chi connectivity index (χ1n) is 6.25. The zero-order chi connectivity index (χ0) is 12.2. The summed E-state index contributed by atoms with van der Waals surface area (Å²) in [4.78, 5) is 8.90. The molecule has 2 N–H and O–H groups in total. The van der Waals surface area contributed by atoms with Crippen LogP contribution in [-0.4, -0.2) is 16.5 Å². The van der Waals surface area contributed by atoms with Crippen LogP contribution in [-0.2, 0) is 19.5 Å². The number of benzene rings is 1. The fraction of sp³-hybridized carbons (Fsp3) is 0.286. The van der Waals surface area contributed by atoms with Crippen molar-refractivity contribution in [2.24, 2.45) is 0 Å². The molecule has 92 valence electrons. The standard InChI is InChI=1S/C14H16N4/c1-2-4-11(5-3-1)8-16-14-17-9-12-6-7-15-10-13(12)18-14/h1-5,9,15H,6-8,10H2,(H,16,17,18). The number of nitrogens with zero attached hydrogens (tertiary/aromatic N) is 2. The average molecular weight is 240 g/mol. The van der Waals surface area contributed by atoms with E-state index in [1.54, 1.807) is 0 Å². The van der Waals surface area contributed by atoms with Crippen LogP contribution in [0.25, 0.3) is 0 Å². The number of anilines is 1. The highest BCUT2D eigenvalue weighted by Gasteiger charge is 2.10. The molecule has 1 aliphatic heterocycles. The van der Waals surface area contributed by atoms with Crippen LogP contribution in [0.4, 0.5) is 5.95 Å². The van der Waals surface area contributed by atoms with Crippen molar-refractivity contribution in [1.82, 2.24) is 15.3 Å². The summed E-state index contributed by atoms with van der Waals surface area (Å²) in [5.41, 5.74) is 3.61. The van der Waals surface area contributed by atoms with E-state index in [1.165, 1.54) is 11.1 Å². The van der Waals surface area contributed by atoms with Crippen molar-refractivity contribution in [3.05, 3.63) is 53.3 Å². The molecule has 0 saturated carbocycles. The third-order valence-electron chi connectivity index (χ3n) is 3.11. The maximum absolute atomic E-state index is 4.54. The number of aromatic nitrogens is 2. The number of hydrogen-bond donors (Lipinski definition) is 2. The topological polar surface area (TPSA) is 49.8 Å². The van der Waals surface area contributed by atoms with Gasteiger partial charge in [0.25, 0.3) is 0 Å². The Bertz CT molecular complexity index is 525. The van der Waals surface area contributed by atoms with Gasteiger partial charge in [-0.25, -0.2) is 9.97 Å². The summed E-state index contributed by atoms with van der Waals surface area (Å²) in [5, 5.41) is 6.58.